The van der Waals surface area contributed by atoms with Crippen LogP contribution in [0.25, 0.3) is 0 Å². The molecule has 2 fully saturated rings. The lowest BCUT2D eigenvalue weighted by Crippen LogP contribution is -2.45. The van der Waals surface area contributed by atoms with Gasteiger partial charge in [-0.3, -0.25) is 9.59 Å². The fourth-order valence-electron chi connectivity index (χ4n) is 2.90. The first kappa shape index (κ1) is 17.8. The number of anilines is 1. The monoisotopic (exact) mass is 337 g/mol. The molecule has 3 rings (SSSR count). The molecule has 3 atom stereocenters. The van der Waals surface area contributed by atoms with E-state index >= 15 is 0 Å². The van der Waals surface area contributed by atoms with Crippen molar-refractivity contribution in [2.45, 2.75) is 32.2 Å². The van der Waals surface area contributed by atoms with E-state index in [-0.39, 0.29) is 36.2 Å². The summed E-state index contributed by atoms with van der Waals surface area (Å²) in [6.07, 6.45) is 3.05. The molecular formula is C17H24ClN3O2. The van der Waals surface area contributed by atoms with Crippen LogP contribution in [0.3, 0.4) is 0 Å². The largest absolute Gasteiger partial charge is 0.348 e. The van der Waals surface area contributed by atoms with Gasteiger partial charge in [-0.05, 0) is 49.9 Å². The number of rotatable bonds is 4. The van der Waals surface area contributed by atoms with Crippen LogP contribution in [-0.2, 0) is 4.79 Å². The van der Waals surface area contributed by atoms with Gasteiger partial charge in [0.1, 0.15) is 0 Å². The van der Waals surface area contributed by atoms with Crippen LogP contribution in [0.1, 0.15) is 36.5 Å². The van der Waals surface area contributed by atoms with Crippen molar-refractivity contribution in [3.8, 4) is 0 Å². The zero-order chi connectivity index (χ0) is 15.5. The average Bonchev–Trinajstić information content (AvgIpc) is 3.26. The van der Waals surface area contributed by atoms with Gasteiger partial charge >= 0.3 is 0 Å². The molecular weight excluding hydrogens is 314 g/mol. The second-order valence-corrected chi connectivity index (χ2v) is 6.41. The van der Waals surface area contributed by atoms with Crippen LogP contribution in [-0.4, -0.2) is 30.9 Å². The molecule has 1 aromatic rings. The minimum atomic E-state index is -0.0791. The van der Waals surface area contributed by atoms with E-state index in [0.717, 1.165) is 32.4 Å². The van der Waals surface area contributed by atoms with Crippen molar-refractivity contribution >= 4 is 29.9 Å². The maximum atomic E-state index is 12.3. The summed E-state index contributed by atoms with van der Waals surface area (Å²) in [7, 11) is 0. The topological polar surface area (TPSA) is 70.2 Å². The molecule has 1 aromatic carbocycles. The van der Waals surface area contributed by atoms with E-state index in [2.05, 4.69) is 22.9 Å². The predicted molar refractivity (Wildman–Crippen MR) is 92.9 cm³/mol. The van der Waals surface area contributed by atoms with E-state index in [1.807, 2.05) is 6.07 Å². The van der Waals surface area contributed by atoms with Gasteiger partial charge in [0.05, 0.1) is 0 Å². The van der Waals surface area contributed by atoms with Crippen LogP contribution in [0.5, 0.6) is 0 Å². The summed E-state index contributed by atoms with van der Waals surface area (Å²) in [5, 5.41) is 9.23. The molecule has 0 bridgehead atoms. The number of halogens is 1. The number of piperidine rings is 1. The molecule has 6 heteroatoms. The highest BCUT2D eigenvalue weighted by Gasteiger charge is 2.39. The summed E-state index contributed by atoms with van der Waals surface area (Å²) >= 11 is 0. The highest BCUT2D eigenvalue weighted by molar-refractivity contribution is 5.98. The molecule has 2 amide bonds. The molecule has 2 aliphatic rings. The highest BCUT2D eigenvalue weighted by Crippen LogP contribution is 2.38. The maximum Gasteiger partial charge on any atom is 0.251 e. The van der Waals surface area contributed by atoms with Crippen molar-refractivity contribution in [3.05, 3.63) is 29.8 Å². The lowest BCUT2D eigenvalue weighted by atomic mass is 10.1. The van der Waals surface area contributed by atoms with Gasteiger partial charge in [-0.2, -0.15) is 0 Å². The fraction of sp³-hybridized carbons (Fsp3) is 0.529. The van der Waals surface area contributed by atoms with E-state index in [1.165, 1.54) is 0 Å². The molecule has 0 spiro atoms. The normalized spacial score (nSPS) is 25.9. The molecule has 3 unspecified atom stereocenters. The lowest BCUT2D eigenvalue weighted by Gasteiger charge is -2.23. The summed E-state index contributed by atoms with van der Waals surface area (Å²) < 4.78 is 0. The molecule has 3 N–H and O–H groups in total. The first-order chi connectivity index (χ1) is 10.6. The standard InChI is InChI=1S/C17H23N3O2.ClH/c1-11-8-15(11)17(22)19-13-5-2-4-12(9-13)16(21)20-14-6-3-7-18-10-14;/h2,4-5,9,11,14-15,18H,3,6-8,10H2,1H3,(H,19,22)(H,20,21);1H. The highest BCUT2D eigenvalue weighted by atomic mass is 35.5. The van der Waals surface area contributed by atoms with Crippen molar-refractivity contribution in [2.24, 2.45) is 11.8 Å². The van der Waals surface area contributed by atoms with Gasteiger partial charge in [-0.1, -0.05) is 13.0 Å². The molecule has 1 saturated carbocycles. The van der Waals surface area contributed by atoms with E-state index in [4.69, 9.17) is 0 Å². The number of nitrogens with one attached hydrogen (secondary N) is 3. The van der Waals surface area contributed by atoms with Gasteiger partial charge < -0.3 is 16.0 Å². The molecule has 1 heterocycles. The Kier molecular flexibility index (Phi) is 6.02. The number of carbonyl (C=O) groups excluding carboxylic acids is 2. The van der Waals surface area contributed by atoms with Gasteiger partial charge in [0.25, 0.3) is 5.91 Å². The first-order valence-electron chi connectivity index (χ1n) is 8.06. The van der Waals surface area contributed by atoms with Gasteiger partial charge in [-0.25, -0.2) is 0 Å². The van der Waals surface area contributed by atoms with E-state index in [9.17, 15) is 9.59 Å². The smallest absolute Gasteiger partial charge is 0.251 e. The van der Waals surface area contributed by atoms with Crippen LogP contribution >= 0.6 is 12.4 Å². The maximum absolute atomic E-state index is 12.3. The summed E-state index contributed by atoms with van der Waals surface area (Å²) in [4.78, 5) is 24.3. The Hall–Kier alpha value is -1.59. The van der Waals surface area contributed by atoms with Crippen molar-refractivity contribution in [1.29, 1.82) is 0 Å². The Bertz CT molecular complexity index is 573. The number of amides is 2. The Balaban J connectivity index is 0.00000192. The molecule has 126 valence electrons. The Morgan fingerprint density at radius 1 is 1.30 bits per heavy atom. The van der Waals surface area contributed by atoms with Crippen molar-refractivity contribution < 1.29 is 9.59 Å². The molecule has 23 heavy (non-hydrogen) atoms. The van der Waals surface area contributed by atoms with Gasteiger partial charge in [-0.15, -0.1) is 12.4 Å². The fourth-order valence-corrected chi connectivity index (χ4v) is 2.90. The van der Waals surface area contributed by atoms with Crippen molar-refractivity contribution in [3.63, 3.8) is 0 Å². The minimum absolute atomic E-state index is 0. The second kappa shape index (κ2) is 7.79. The quantitative estimate of drug-likeness (QED) is 0.788. The van der Waals surface area contributed by atoms with Crippen LogP contribution in [0, 0.1) is 11.8 Å². The first-order valence-corrected chi connectivity index (χ1v) is 8.06. The minimum Gasteiger partial charge on any atom is -0.348 e. The average molecular weight is 338 g/mol. The van der Waals surface area contributed by atoms with Gasteiger partial charge in [0.2, 0.25) is 5.91 Å². The third-order valence-corrected chi connectivity index (χ3v) is 4.47. The number of hydrogen-bond donors (Lipinski definition) is 3. The molecule has 1 aliphatic heterocycles. The van der Waals surface area contributed by atoms with Crippen LogP contribution in [0.2, 0.25) is 0 Å². The molecule has 1 aliphatic carbocycles. The number of carbonyl (C=O) groups is 2. The van der Waals surface area contributed by atoms with Crippen molar-refractivity contribution in [2.75, 3.05) is 18.4 Å². The molecule has 1 saturated heterocycles. The van der Waals surface area contributed by atoms with Crippen LogP contribution in [0.4, 0.5) is 5.69 Å². The summed E-state index contributed by atoms with van der Waals surface area (Å²) in [6.45, 7) is 3.92. The lowest BCUT2D eigenvalue weighted by molar-refractivity contribution is -0.117. The van der Waals surface area contributed by atoms with Crippen LogP contribution < -0.4 is 16.0 Å². The number of benzene rings is 1. The van der Waals surface area contributed by atoms with Crippen LogP contribution in [0.15, 0.2) is 24.3 Å². The van der Waals surface area contributed by atoms with Gasteiger partial charge in [0, 0.05) is 29.8 Å². The Morgan fingerprint density at radius 2 is 2.09 bits per heavy atom. The summed E-state index contributed by atoms with van der Waals surface area (Å²) in [5.41, 5.74) is 1.28. The molecule has 0 aromatic heterocycles. The third kappa shape index (κ3) is 4.69. The second-order valence-electron chi connectivity index (χ2n) is 6.41. The zero-order valence-corrected chi connectivity index (χ0v) is 14.1. The SMILES string of the molecule is CC1CC1C(=O)Nc1cccc(C(=O)NC2CCCNC2)c1.Cl. The summed E-state index contributed by atoms with van der Waals surface area (Å²) in [5.74, 6) is 0.585. The van der Waals surface area contributed by atoms with Crippen molar-refractivity contribution in [1.82, 2.24) is 10.6 Å². The number of hydrogen-bond acceptors (Lipinski definition) is 3. The van der Waals surface area contributed by atoms with E-state index in [0.29, 0.717) is 17.2 Å². The Labute approximate surface area is 143 Å². The van der Waals surface area contributed by atoms with E-state index in [1.54, 1.807) is 18.2 Å². The predicted octanol–water partition coefficient (Wildman–Crippen LogP) is 2.18. The van der Waals surface area contributed by atoms with E-state index < -0.39 is 0 Å². The Morgan fingerprint density at radius 3 is 2.74 bits per heavy atom. The van der Waals surface area contributed by atoms with Gasteiger partial charge in [0.15, 0.2) is 0 Å². The summed E-state index contributed by atoms with van der Waals surface area (Å²) in [6, 6.07) is 7.34. The zero-order valence-electron chi connectivity index (χ0n) is 13.3. The molecule has 5 nitrogen and oxygen atoms in total. The molecule has 0 radical (unpaired) electrons. The third-order valence-electron chi connectivity index (χ3n) is 4.47.